The number of nitrogens with zero attached hydrogens (tertiary/aromatic N) is 2. The van der Waals surface area contributed by atoms with Crippen LogP contribution in [-0.2, 0) is 6.61 Å². The van der Waals surface area contributed by atoms with E-state index in [0.29, 0.717) is 29.8 Å². The molecule has 0 radical (unpaired) electrons. The van der Waals surface area contributed by atoms with Gasteiger partial charge in [0, 0.05) is 16.7 Å². The smallest absolute Gasteiger partial charge is 0.258 e. The Bertz CT molecular complexity index is 1150. The summed E-state index contributed by atoms with van der Waals surface area (Å²) in [4.78, 5) is 4.54. The molecule has 4 rings (SSSR count). The number of hydrogen-bond acceptors (Lipinski definition) is 6. The molecule has 0 spiro atoms. The first kappa shape index (κ1) is 19.5. The minimum absolute atomic E-state index is 0.360. The van der Waals surface area contributed by atoms with Gasteiger partial charge in [-0.2, -0.15) is 4.98 Å². The van der Waals surface area contributed by atoms with Crippen molar-refractivity contribution in [2.24, 2.45) is 0 Å². The highest BCUT2D eigenvalue weighted by Gasteiger charge is 2.15. The number of benzene rings is 3. The molecule has 4 aromatic rings. The Morgan fingerprint density at radius 1 is 0.833 bits per heavy atom. The summed E-state index contributed by atoms with van der Waals surface area (Å²) in [6, 6.07) is 21.2. The number of ether oxygens (including phenoxy) is 3. The second-order valence-corrected chi connectivity index (χ2v) is 6.70. The second-order valence-electron chi connectivity index (χ2n) is 6.70. The molecule has 0 aliphatic heterocycles. The van der Waals surface area contributed by atoms with E-state index in [1.54, 1.807) is 14.2 Å². The summed E-state index contributed by atoms with van der Waals surface area (Å²) >= 11 is 0. The fourth-order valence-corrected chi connectivity index (χ4v) is 3.17. The third-order valence-corrected chi connectivity index (χ3v) is 4.80. The van der Waals surface area contributed by atoms with Crippen molar-refractivity contribution in [2.45, 2.75) is 13.5 Å². The third-order valence-electron chi connectivity index (χ3n) is 4.80. The summed E-state index contributed by atoms with van der Waals surface area (Å²) in [5.74, 6) is 2.96. The summed E-state index contributed by atoms with van der Waals surface area (Å²) in [6.45, 7) is 2.37. The van der Waals surface area contributed by atoms with Crippen molar-refractivity contribution in [3.8, 4) is 40.1 Å². The zero-order chi connectivity index (χ0) is 20.9. The van der Waals surface area contributed by atoms with E-state index in [4.69, 9.17) is 18.7 Å². The molecule has 0 N–H and O–H groups in total. The van der Waals surface area contributed by atoms with Crippen LogP contribution in [0.4, 0.5) is 0 Å². The monoisotopic (exact) mass is 402 g/mol. The number of hydrogen-bond donors (Lipinski definition) is 0. The quantitative estimate of drug-likeness (QED) is 0.417. The van der Waals surface area contributed by atoms with Gasteiger partial charge in [-0.05, 0) is 42.8 Å². The van der Waals surface area contributed by atoms with Gasteiger partial charge in [-0.25, -0.2) is 0 Å². The lowest BCUT2D eigenvalue weighted by Gasteiger charge is -2.13. The highest BCUT2D eigenvalue weighted by Crippen LogP contribution is 2.33. The van der Waals surface area contributed by atoms with Crippen molar-refractivity contribution in [2.75, 3.05) is 14.2 Å². The molecular weight excluding hydrogens is 380 g/mol. The first-order chi connectivity index (χ1) is 14.7. The van der Waals surface area contributed by atoms with Gasteiger partial charge in [0.25, 0.3) is 5.89 Å². The van der Waals surface area contributed by atoms with Gasteiger partial charge in [-0.3, -0.25) is 0 Å². The van der Waals surface area contributed by atoms with Crippen LogP contribution in [0.25, 0.3) is 22.8 Å². The van der Waals surface area contributed by atoms with E-state index >= 15 is 0 Å². The molecule has 0 bridgehead atoms. The highest BCUT2D eigenvalue weighted by molar-refractivity contribution is 5.64. The van der Waals surface area contributed by atoms with Gasteiger partial charge >= 0.3 is 0 Å². The Hall–Kier alpha value is -3.80. The maximum absolute atomic E-state index is 5.97. The maximum Gasteiger partial charge on any atom is 0.258 e. The minimum atomic E-state index is 0.360. The molecular formula is C24H22N2O4. The van der Waals surface area contributed by atoms with Crippen LogP contribution in [-0.4, -0.2) is 24.4 Å². The van der Waals surface area contributed by atoms with E-state index in [9.17, 15) is 0 Å². The average Bonchev–Trinajstić information content (AvgIpc) is 3.28. The SMILES string of the molecule is COc1ccccc1COc1ccc(-c2noc(-c3ccccc3C)n2)cc1OC. The van der Waals surface area contributed by atoms with Crippen molar-refractivity contribution in [1.29, 1.82) is 0 Å². The average molecular weight is 402 g/mol. The predicted octanol–water partition coefficient (Wildman–Crippen LogP) is 5.31. The number of para-hydroxylation sites is 1. The number of rotatable bonds is 7. The Kier molecular flexibility index (Phi) is 5.66. The molecule has 0 fully saturated rings. The lowest BCUT2D eigenvalue weighted by molar-refractivity contribution is 0.278. The largest absolute Gasteiger partial charge is 0.496 e. The molecule has 6 nitrogen and oxygen atoms in total. The van der Waals surface area contributed by atoms with Crippen LogP contribution in [0.1, 0.15) is 11.1 Å². The van der Waals surface area contributed by atoms with Gasteiger partial charge < -0.3 is 18.7 Å². The number of methoxy groups -OCH3 is 2. The molecule has 6 heteroatoms. The molecule has 3 aromatic carbocycles. The fourth-order valence-electron chi connectivity index (χ4n) is 3.17. The van der Waals surface area contributed by atoms with E-state index in [1.807, 2.05) is 73.7 Å². The van der Waals surface area contributed by atoms with E-state index in [0.717, 1.165) is 28.0 Å². The molecule has 152 valence electrons. The van der Waals surface area contributed by atoms with Crippen molar-refractivity contribution < 1.29 is 18.7 Å². The van der Waals surface area contributed by atoms with E-state index in [1.165, 1.54) is 0 Å². The third kappa shape index (κ3) is 3.98. The van der Waals surface area contributed by atoms with Crippen LogP contribution in [0.3, 0.4) is 0 Å². The van der Waals surface area contributed by atoms with E-state index in [-0.39, 0.29) is 0 Å². The topological polar surface area (TPSA) is 66.6 Å². The normalized spacial score (nSPS) is 10.6. The Morgan fingerprint density at radius 3 is 2.40 bits per heavy atom. The van der Waals surface area contributed by atoms with Gasteiger partial charge in [0.2, 0.25) is 5.82 Å². The predicted molar refractivity (Wildman–Crippen MR) is 114 cm³/mol. The summed E-state index contributed by atoms with van der Waals surface area (Å²) in [5.41, 5.74) is 3.72. The molecule has 30 heavy (non-hydrogen) atoms. The highest BCUT2D eigenvalue weighted by atomic mass is 16.5. The Morgan fingerprint density at radius 2 is 1.60 bits per heavy atom. The van der Waals surface area contributed by atoms with Crippen molar-refractivity contribution in [3.05, 3.63) is 77.9 Å². The summed E-state index contributed by atoms with van der Waals surface area (Å²) in [6.07, 6.45) is 0. The van der Waals surface area contributed by atoms with Crippen LogP contribution in [0.15, 0.2) is 71.3 Å². The van der Waals surface area contributed by atoms with Crippen LogP contribution >= 0.6 is 0 Å². The molecule has 0 atom stereocenters. The molecule has 0 unspecified atom stereocenters. The second kappa shape index (κ2) is 8.69. The summed E-state index contributed by atoms with van der Waals surface area (Å²) in [5, 5.41) is 4.13. The van der Waals surface area contributed by atoms with Gasteiger partial charge in [0.05, 0.1) is 14.2 Å². The minimum Gasteiger partial charge on any atom is -0.496 e. The Balaban J connectivity index is 1.56. The molecule has 0 aliphatic rings. The van der Waals surface area contributed by atoms with Crippen molar-refractivity contribution in [1.82, 2.24) is 10.1 Å². The Labute approximate surface area is 175 Å². The van der Waals surface area contributed by atoms with Crippen molar-refractivity contribution >= 4 is 0 Å². The van der Waals surface area contributed by atoms with Crippen LogP contribution < -0.4 is 14.2 Å². The molecule has 0 amide bonds. The zero-order valence-corrected chi connectivity index (χ0v) is 17.1. The standard InChI is InChI=1S/C24H22N2O4/c1-16-8-4-6-10-19(16)24-25-23(26-30-24)17-12-13-21(22(14-17)28-3)29-15-18-9-5-7-11-20(18)27-2/h4-14H,15H2,1-3H3. The number of aryl methyl sites for hydroxylation is 1. The fraction of sp³-hybridized carbons (Fsp3) is 0.167. The number of aromatic nitrogens is 2. The maximum atomic E-state index is 5.97. The summed E-state index contributed by atoms with van der Waals surface area (Å²) < 4.78 is 22.3. The van der Waals surface area contributed by atoms with Crippen LogP contribution in [0, 0.1) is 6.92 Å². The molecule has 1 aromatic heterocycles. The molecule has 0 saturated carbocycles. The van der Waals surface area contributed by atoms with Gasteiger partial charge in [-0.15, -0.1) is 0 Å². The van der Waals surface area contributed by atoms with E-state index < -0.39 is 0 Å². The van der Waals surface area contributed by atoms with Crippen LogP contribution in [0.2, 0.25) is 0 Å². The molecule has 0 aliphatic carbocycles. The lowest BCUT2D eigenvalue weighted by atomic mass is 10.1. The summed E-state index contributed by atoms with van der Waals surface area (Å²) in [7, 11) is 3.24. The van der Waals surface area contributed by atoms with Crippen molar-refractivity contribution in [3.63, 3.8) is 0 Å². The van der Waals surface area contributed by atoms with E-state index in [2.05, 4.69) is 10.1 Å². The molecule has 0 saturated heterocycles. The zero-order valence-electron chi connectivity index (χ0n) is 17.1. The van der Waals surface area contributed by atoms with Gasteiger partial charge in [-0.1, -0.05) is 41.6 Å². The molecule has 1 heterocycles. The van der Waals surface area contributed by atoms with Gasteiger partial charge in [0.1, 0.15) is 12.4 Å². The first-order valence-corrected chi connectivity index (χ1v) is 9.52. The lowest BCUT2D eigenvalue weighted by Crippen LogP contribution is -2.00. The van der Waals surface area contributed by atoms with Crippen LogP contribution in [0.5, 0.6) is 17.2 Å². The first-order valence-electron chi connectivity index (χ1n) is 9.52. The van der Waals surface area contributed by atoms with Gasteiger partial charge in [0.15, 0.2) is 11.5 Å².